The van der Waals surface area contributed by atoms with E-state index in [9.17, 15) is 18.4 Å². The van der Waals surface area contributed by atoms with E-state index in [1.165, 1.54) is 23.1 Å². The Morgan fingerprint density at radius 2 is 1.74 bits per heavy atom. The van der Waals surface area contributed by atoms with Gasteiger partial charge in [-0.3, -0.25) is 14.5 Å². The second-order valence-electron chi connectivity index (χ2n) is 9.13. The number of hydrogen-bond donors (Lipinski definition) is 1. The lowest BCUT2D eigenvalue weighted by molar-refractivity contribution is -0.131. The first-order chi connectivity index (χ1) is 16.4. The van der Waals surface area contributed by atoms with Crippen molar-refractivity contribution in [2.75, 3.05) is 13.1 Å². The predicted octanol–water partition coefficient (Wildman–Crippen LogP) is 3.72. The highest BCUT2D eigenvalue weighted by Crippen LogP contribution is 2.43. The van der Waals surface area contributed by atoms with Crippen LogP contribution in [0.15, 0.2) is 42.5 Å². The molecule has 2 saturated heterocycles. The zero-order chi connectivity index (χ0) is 24.2. The number of nitrogens with two attached hydrogens (primary N) is 1. The van der Waals surface area contributed by atoms with Crippen molar-refractivity contribution in [1.29, 1.82) is 5.26 Å². The Kier molecular flexibility index (Phi) is 7.23. The quantitative estimate of drug-likeness (QED) is 0.642. The van der Waals surface area contributed by atoms with Gasteiger partial charge in [-0.25, -0.2) is 8.78 Å². The Hall–Kier alpha value is -3.31. The van der Waals surface area contributed by atoms with Gasteiger partial charge in [0.05, 0.1) is 12.6 Å². The third-order valence-electron chi connectivity index (χ3n) is 7.15. The highest BCUT2D eigenvalue weighted by molar-refractivity contribution is 5.92. The molecule has 4 rings (SSSR count). The molecule has 0 aliphatic carbocycles. The van der Waals surface area contributed by atoms with Gasteiger partial charge >= 0.3 is 0 Å². The molecule has 3 atom stereocenters. The Morgan fingerprint density at radius 1 is 1.09 bits per heavy atom. The number of nitrogens with zero attached hydrogens (tertiary/aromatic N) is 3. The molecule has 0 aromatic heterocycles. The zero-order valence-corrected chi connectivity index (χ0v) is 18.9. The molecule has 2 aromatic rings. The fourth-order valence-corrected chi connectivity index (χ4v) is 5.44. The number of amides is 2. The Balaban J connectivity index is 1.44. The van der Waals surface area contributed by atoms with E-state index in [1.54, 1.807) is 6.07 Å². The van der Waals surface area contributed by atoms with Crippen molar-refractivity contribution in [3.63, 3.8) is 0 Å². The first-order valence-corrected chi connectivity index (χ1v) is 11.6. The first-order valence-electron chi connectivity index (χ1n) is 11.6. The predicted molar refractivity (Wildman–Crippen MR) is 122 cm³/mol. The maximum absolute atomic E-state index is 14.2. The average Bonchev–Trinajstić information content (AvgIpc) is 3.05. The minimum Gasteiger partial charge on any atom is -0.366 e. The monoisotopic (exact) mass is 466 g/mol. The second-order valence-corrected chi connectivity index (χ2v) is 9.13. The summed E-state index contributed by atoms with van der Waals surface area (Å²) in [5.41, 5.74) is 6.91. The van der Waals surface area contributed by atoms with Gasteiger partial charge in [-0.15, -0.1) is 0 Å². The van der Waals surface area contributed by atoms with E-state index in [-0.39, 0.29) is 18.5 Å². The Morgan fingerprint density at radius 3 is 2.35 bits per heavy atom. The van der Waals surface area contributed by atoms with Gasteiger partial charge in [0.25, 0.3) is 0 Å². The summed E-state index contributed by atoms with van der Waals surface area (Å²) in [6.45, 7) is 0.671. The van der Waals surface area contributed by atoms with Gasteiger partial charge in [0.2, 0.25) is 11.8 Å². The van der Waals surface area contributed by atoms with Crippen LogP contribution in [-0.4, -0.2) is 46.8 Å². The Bertz CT molecular complexity index is 1080. The van der Waals surface area contributed by atoms with Crippen LogP contribution in [0.5, 0.6) is 0 Å². The molecule has 6 nitrogen and oxygen atoms in total. The lowest BCUT2D eigenvalue weighted by atomic mass is 9.84. The molecule has 2 heterocycles. The molecular weight excluding hydrogens is 438 g/mol. The van der Waals surface area contributed by atoms with E-state index >= 15 is 0 Å². The van der Waals surface area contributed by atoms with Crippen LogP contribution in [0, 0.1) is 23.0 Å². The number of piperidine rings is 1. The van der Waals surface area contributed by atoms with E-state index in [4.69, 9.17) is 11.0 Å². The average molecular weight is 467 g/mol. The fourth-order valence-electron chi connectivity index (χ4n) is 5.44. The summed E-state index contributed by atoms with van der Waals surface area (Å²) in [6, 6.07) is 13.6. The smallest absolute Gasteiger partial charge is 0.248 e. The van der Waals surface area contributed by atoms with Crippen LogP contribution in [0.25, 0.3) is 0 Å². The highest BCUT2D eigenvalue weighted by atomic mass is 19.1. The number of benzene rings is 2. The topological polar surface area (TPSA) is 90.4 Å². The molecule has 0 saturated carbocycles. The molecule has 2 N–H and O–H groups in total. The van der Waals surface area contributed by atoms with Crippen molar-refractivity contribution in [1.82, 2.24) is 9.80 Å². The number of rotatable bonds is 8. The number of fused-ring (bicyclic) bond motifs is 2. The summed E-state index contributed by atoms with van der Waals surface area (Å²) in [5, 5.41) is 8.98. The van der Waals surface area contributed by atoms with Crippen molar-refractivity contribution >= 4 is 11.8 Å². The van der Waals surface area contributed by atoms with E-state index in [2.05, 4.69) is 4.90 Å². The summed E-state index contributed by atoms with van der Waals surface area (Å²) in [5.74, 6) is -1.94. The maximum Gasteiger partial charge on any atom is 0.248 e. The van der Waals surface area contributed by atoms with Crippen molar-refractivity contribution in [2.24, 2.45) is 5.73 Å². The zero-order valence-electron chi connectivity index (χ0n) is 18.9. The van der Waals surface area contributed by atoms with Crippen LogP contribution in [0.4, 0.5) is 8.78 Å². The Labute approximate surface area is 197 Å². The molecule has 2 aliphatic rings. The van der Waals surface area contributed by atoms with Crippen molar-refractivity contribution in [3.05, 3.63) is 70.8 Å². The fraction of sp³-hybridized carbons (Fsp3) is 0.423. The van der Waals surface area contributed by atoms with Gasteiger partial charge in [0.15, 0.2) is 0 Å². The van der Waals surface area contributed by atoms with Crippen LogP contribution in [0.2, 0.25) is 0 Å². The number of halogens is 2. The molecule has 2 aliphatic heterocycles. The third kappa shape index (κ3) is 5.10. The van der Waals surface area contributed by atoms with Crippen LogP contribution >= 0.6 is 0 Å². The molecular formula is C26H28F2N4O2. The SMILES string of the molecule is N#CCC(=O)N(CCN1[C@@H]2CC[C@H]1CC(c1cccc(C(N)=O)c1)C2)Cc1c(F)cccc1F. The maximum atomic E-state index is 14.2. The van der Waals surface area contributed by atoms with Crippen molar-refractivity contribution in [3.8, 4) is 6.07 Å². The molecule has 2 bridgehead atoms. The summed E-state index contributed by atoms with van der Waals surface area (Å²) in [6.07, 6.45) is 3.64. The summed E-state index contributed by atoms with van der Waals surface area (Å²) in [7, 11) is 0. The summed E-state index contributed by atoms with van der Waals surface area (Å²) < 4.78 is 28.4. The summed E-state index contributed by atoms with van der Waals surface area (Å²) in [4.78, 5) is 27.9. The van der Waals surface area contributed by atoms with Gasteiger partial charge < -0.3 is 10.6 Å². The normalized spacial score (nSPS) is 21.7. The molecule has 2 amide bonds. The van der Waals surface area contributed by atoms with E-state index in [0.29, 0.717) is 36.7 Å². The largest absolute Gasteiger partial charge is 0.366 e. The standard InChI is InChI=1S/C26H28F2N4O2/c27-23-5-2-6-24(28)22(23)16-31(25(33)9-10-29)11-12-32-20-7-8-21(32)15-19(14-20)17-3-1-4-18(13-17)26(30)34/h1-6,13,19-21H,7-9,11-12,14-16H2,(H2,30,34)/t19?,20-,21+. The van der Waals surface area contributed by atoms with E-state index in [0.717, 1.165) is 31.2 Å². The minimum absolute atomic E-state index is 0.162. The van der Waals surface area contributed by atoms with Crippen molar-refractivity contribution < 1.29 is 18.4 Å². The van der Waals surface area contributed by atoms with Crippen LogP contribution in [0.3, 0.4) is 0 Å². The molecule has 0 radical (unpaired) electrons. The molecule has 2 fully saturated rings. The number of carbonyl (C=O) groups excluding carboxylic acids is 2. The lowest BCUT2D eigenvalue weighted by Crippen LogP contribution is -2.46. The van der Waals surface area contributed by atoms with Gasteiger partial charge in [-0.2, -0.15) is 5.26 Å². The molecule has 0 spiro atoms. The molecule has 178 valence electrons. The van der Waals surface area contributed by atoms with Crippen LogP contribution in [-0.2, 0) is 11.3 Å². The highest BCUT2D eigenvalue weighted by Gasteiger charge is 2.41. The lowest BCUT2D eigenvalue weighted by Gasteiger charge is -2.40. The third-order valence-corrected chi connectivity index (χ3v) is 7.15. The van der Waals surface area contributed by atoms with Crippen LogP contribution < -0.4 is 5.73 Å². The number of hydrogen-bond acceptors (Lipinski definition) is 4. The van der Waals surface area contributed by atoms with Gasteiger partial charge in [-0.1, -0.05) is 18.2 Å². The second kappa shape index (κ2) is 10.3. The minimum atomic E-state index is -0.700. The first kappa shape index (κ1) is 23.8. The number of carbonyl (C=O) groups is 2. The molecule has 34 heavy (non-hydrogen) atoms. The van der Waals surface area contributed by atoms with Crippen molar-refractivity contribution in [2.45, 2.75) is 56.7 Å². The molecule has 2 aromatic carbocycles. The number of nitriles is 1. The molecule has 8 heteroatoms. The van der Waals surface area contributed by atoms with Gasteiger partial charge in [-0.05, 0) is 61.4 Å². The van der Waals surface area contributed by atoms with E-state index in [1.807, 2.05) is 24.3 Å². The van der Waals surface area contributed by atoms with Gasteiger partial charge in [0.1, 0.15) is 18.1 Å². The van der Waals surface area contributed by atoms with Crippen LogP contribution in [0.1, 0.15) is 59.5 Å². The number of primary amides is 1. The molecule has 1 unspecified atom stereocenters. The van der Waals surface area contributed by atoms with Gasteiger partial charge in [0, 0.05) is 36.3 Å². The van der Waals surface area contributed by atoms with E-state index < -0.39 is 23.4 Å². The summed E-state index contributed by atoms with van der Waals surface area (Å²) >= 11 is 0.